The van der Waals surface area contributed by atoms with E-state index in [0.29, 0.717) is 13.0 Å². The van der Waals surface area contributed by atoms with E-state index >= 15 is 0 Å². The maximum Gasteiger partial charge on any atom is 0.261 e. The molecule has 3 aromatic rings. The van der Waals surface area contributed by atoms with Gasteiger partial charge in [-0.25, -0.2) is 4.98 Å². The highest BCUT2D eigenvalue weighted by Gasteiger charge is 2.18. The summed E-state index contributed by atoms with van der Waals surface area (Å²) in [6, 6.07) is 15.8. The first-order chi connectivity index (χ1) is 13.1. The number of rotatable bonds is 7. The van der Waals surface area contributed by atoms with E-state index in [1.807, 2.05) is 80.1 Å². The SMILES string of the molecule is CCC(Oc1ccccc1C)C(=O)NCc1ccc(-n2ccnc2C)cc1. The Kier molecular flexibility index (Phi) is 5.91. The molecule has 1 N–H and O–H groups in total. The number of hydrogen-bond donors (Lipinski definition) is 1. The number of nitrogens with one attached hydrogen (secondary N) is 1. The fraction of sp³-hybridized carbons (Fsp3) is 0.273. The first-order valence-corrected chi connectivity index (χ1v) is 9.17. The van der Waals surface area contributed by atoms with Crippen molar-refractivity contribution in [2.24, 2.45) is 0 Å². The van der Waals surface area contributed by atoms with Crippen molar-refractivity contribution in [3.8, 4) is 11.4 Å². The van der Waals surface area contributed by atoms with Crippen molar-refractivity contribution >= 4 is 5.91 Å². The van der Waals surface area contributed by atoms with Crippen LogP contribution in [-0.4, -0.2) is 21.6 Å². The minimum Gasteiger partial charge on any atom is -0.480 e. The monoisotopic (exact) mass is 363 g/mol. The molecule has 1 heterocycles. The second kappa shape index (κ2) is 8.54. The topological polar surface area (TPSA) is 56.1 Å². The van der Waals surface area contributed by atoms with Gasteiger partial charge < -0.3 is 14.6 Å². The Bertz CT molecular complexity index is 900. The molecule has 1 unspecified atom stereocenters. The van der Waals surface area contributed by atoms with Crippen LogP contribution < -0.4 is 10.1 Å². The number of amides is 1. The second-order valence-corrected chi connectivity index (χ2v) is 6.51. The molecule has 0 bridgehead atoms. The van der Waals surface area contributed by atoms with Crippen LogP contribution in [0.1, 0.15) is 30.3 Å². The fourth-order valence-corrected chi connectivity index (χ4v) is 2.89. The quantitative estimate of drug-likeness (QED) is 0.691. The Balaban J connectivity index is 1.59. The summed E-state index contributed by atoms with van der Waals surface area (Å²) >= 11 is 0. The zero-order chi connectivity index (χ0) is 19.2. The number of imidazole rings is 1. The molecule has 0 aliphatic carbocycles. The molecule has 0 saturated heterocycles. The molecule has 140 valence electrons. The van der Waals surface area contributed by atoms with Crippen LogP contribution in [0.5, 0.6) is 5.75 Å². The molecule has 0 spiro atoms. The van der Waals surface area contributed by atoms with Crippen LogP contribution in [0.2, 0.25) is 0 Å². The summed E-state index contributed by atoms with van der Waals surface area (Å²) < 4.78 is 7.92. The smallest absolute Gasteiger partial charge is 0.261 e. The lowest BCUT2D eigenvalue weighted by Gasteiger charge is -2.18. The zero-order valence-electron chi connectivity index (χ0n) is 16.0. The molecule has 1 atom stereocenters. The summed E-state index contributed by atoms with van der Waals surface area (Å²) in [6.07, 6.45) is 3.82. The lowest BCUT2D eigenvalue weighted by molar-refractivity contribution is -0.128. The summed E-state index contributed by atoms with van der Waals surface area (Å²) in [4.78, 5) is 16.7. The molecular weight excluding hydrogens is 338 g/mol. The third-order valence-corrected chi connectivity index (χ3v) is 4.53. The summed E-state index contributed by atoms with van der Waals surface area (Å²) in [6.45, 7) is 6.36. The molecule has 3 rings (SSSR count). The van der Waals surface area contributed by atoms with Crippen LogP contribution in [0.4, 0.5) is 0 Å². The molecule has 27 heavy (non-hydrogen) atoms. The maximum atomic E-state index is 12.5. The first kappa shape index (κ1) is 18.7. The van der Waals surface area contributed by atoms with Gasteiger partial charge >= 0.3 is 0 Å². The third kappa shape index (κ3) is 4.56. The largest absolute Gasteiger partial charge is 0.480 e. The van der Waals surface area contributed by atoms with E-state index < -0.39 is 6.10 Å². The number of benzene rings is 2. The van der Waals surface area contributed by atoms with Gasteiger partial charge in [-0.1, -0.05) is 37.3 Å². The Morgan fingerprint density at radius 2 is 1.89 bits per heavy atom. The summed E-state index contributed by atoms with van der Waals surface area (Å²) in [5.74, 6) is 1.59. The minimum absolute atomic E-state index is 0.102. The molecule has 0 aliphatic heterocycles. The Hall–Kier alpha value is -3.08. The molecule has 5 nitrogen and oxygen atoms in total. The van der Waals surface area contributed by atoms with E-state index in [0.717, 1.165) is 28.4 Å². The Morgan fingerprint density at radius 3 is 2.52 bits per heavy atom. The lowest BCUT2D eigenvalue weighted by Crippen LogP contribution is -2.37. The summed E-state index contributed by atoms with van der Waals surface area (Å²) in [5, 5.41) is 2.97. The van der Waals surface area contributed by atoms with Crippen LogP contribution in [-0.2, 0) is 11.3 Å². The van der Waals surface area contributed by atoms with E-state index in [2.05, 4.69) is 10.3 Å². The summed E-state index contributed by atoms with van der Waals surface area (Å²) in [7, 11) is 0. The van der Waals surface area contributed by atoms with E-state index in [-0.39, 0.29) is 5.91 Å². The highest BCUT2D eigenvalue weighted by molar-refractivity contribution is 5.81. The predicted octanol–water partition coefficient (Wildman–Crippen LogP) is 3.96. The van der Waals surface area contributed by atoms with Crippen molar-refractivity contribution < 1.29 is 9.53 Å². The van der Waals surface area contributed by atoms with Gasteiger partial charge in [-0.2, -0.15) is 0 Å². The van der Waals surface area contributed by atoms with Crippen molar-refractivity contribution in [3.05, 3.63) is 77.9 Å². The van der Waals surface area contributed by atoms with Gasteiger partial charge in [-0.05, 0) is 49.6 Å². The van der Waals surface area contributed by atoms with Gasteiger partial charge in [-0.15, -0.1) is 0 Å². The van der Waals surface area contributed by atoms with Crippen molar-refractivity contribution in [3.63, 3.8) is 0 Å². The first-order valence-electron chi connectivity index (χ1n) is 9.17. The average Bonchev–Trinajstić information content (AvgIpc) is 3.12. The van der Waals surface area contributed by atoms with Crippen LogP contribution in [0.25, 0.3) is 5.69 Å². The van der Waals surface area contributed by atoms with Crippen LogP contribution >= 0.6 is 0 Å². The maximum absolute atomic E-state index is 12.5. The lowest BCUT2D eigenvalue weighted by atomic mass is 10.2. The predicted molar refractivity (Wildman–Crippen MR) is 106 cm³/mol. The number of carbonyl (C=O) groups excluding carboxylic acids is 1. The number of aromatic nitrogens is 2. The number of ether oxygens (including phenoxy) is 1. The van der Waals surface area contributed by atoms with Gasteiger partial charge in [0.05, 0.1) is 0 Å². The van der Waals surface area contributed by atoms with Gasteiger partial charge in [0.2, 0.25) is 0 Å². The molecule has 0 aliphatic rings. The molecule has 0 radical (unpaired) electrons. The second-order valence-electron chi connectivity index (χ2n) is 6.51. The summed E-state index contributed by atoms with van der Waals surface area (Å²) in [5.41, 5.74) is 3.11. The average molecular weight is 363 g/mol. The van der Waals surface area contributed by atoms with Crippen molar-refractivity contribution in [1.29, 1.82) is 0 Å². The van der Waals surface area contributed by atoms with Gasteiger partial charge in [0.1, 0.15) is 11.6 Å². The zero-order valence-corrected chi connectivity index (χ0v) is 16.0. The van der Waals surface area contributed by atoms with E-state index in [9.17, 15) is 4.79 Å². The number of hydrogen-bond acceptors (Lipinski definition) is 3. The van der Waals surface area contributed by atoms with Crippen LogP contribution in [0, 0.1) is 13.8 Å². The van der Waals surface area contributed by atoms with Crippen molar-refractivity contribution in [2.75, 3.05) is 0 Å². The Labute approximate surface area is 160 Å². The van der Waals surface area contributed by atoms with E-state index in [4.69, 9.17) is 4.74 Å². The van der Waals surface area contributed by atoms with Crippen LogP contribution in [0.15, 0.2) is 60.9 Å². The van der Waals surface area contributed by atoms with Gasteiger partial charge in [0.25, 0.3) is 5.91 Å². The van der Waals surface area contributed by atoms with Gasteiger partial charge in [-0.3, -0.25) is 4.79 Å². The molecule has 1 amide bonds. The Morgan fingerprint density at radius 1 is 1.15 bits per heavy atom. The molecule has 5 heteroatoms. The van der Waals surface area contributed by atoms with Gasteiger partial charge in [0.15, 0.2) is 6.10 Å². The normalized spacial score (nSPS) is 11.8. The minimum atomic E-state index is -0.501. The molecule has 0 saturated carbocycles. The van der Waals surface area contributed by atoms with Crippen LogP contribution in [0.3, 0.4) is 0 Å². The number of nitrogens with zero attached hydrogens (tertiary/aromatic N) is 2. The van der Waals surface area contributed by atoms with Gasteiger partial charge in [0, 0.05) is 24.6 Å². The van der Waals surface area contributed by atoms with E-state index in [1.165, 1.54) is 0 Å². The van der Waals surface area contributed by atoms with Crippen molar-refractivity contribution in [1.82, 2.24) is 14.9 Å². The highest BCUT2D eigenvalue weighted by Crippen LogP contribution is 2.19. The fourth-order valence-electron chi connectivity index (χ4n) is 2.89. The number of para-hydroxylation sites is 1. The third-order valence-electron chi connectivity index (χ3n) is 4.53. The van der Waals surface area contributed by atoms with Crippen molar-refractivity contribution in [2.45, 2.75) is 39.8 Å². The number of carbonyl (C=O) groups is 1. The molecular formula is C22H25N3O2. The molecule has 2 aromatic carbocycles. The standard InChI is InChI=1S/C22H25N3O2/c1-4-20(27-21-8-6-5-7-16(21)2)22(26)24-15-18-9-11-19(12-10-18)25-14-13-23-17(25)3/h5-14,20H,4,15H2,1-3H3,(H,24,26). The van der Waals surface area contributed by atoms with E-state index in [1.54, 1.807) is 6.20 Å². The molecule has 0 fully saturated rings. The highest BCUT2D eigenvalue weighted by atomic mass is 16.5. The number of aryl methyl sites for hydroxylation is 2. The molecule has 1 aromatic heterocycles.